The summed E-state index contributed by atoms with van der Waals surface area (Å²) in [7, 11) is 2.11. The van der Waals surface area contributed by atoms with E-state index in [4.69, 9.17) is 4.74 Å². The van der Waals surface area contributed by atoms with E-state index >= 15 is 0 Å². The lowest BCUT2D eigenvalue weighted by molar-refractivity contribution is -0.673. The Kier molecular flexibility index (Phi) is 10.8. The van der Waals surface area contributed by atoms with Gasteiger partial charge in [-0.25, -0.2) is 0 Å². The van der Waals surface area contributed by atoms with Crippen LogP contribution in [0.4, 0.5) is 0 Å². The van der Waals surface area contributed by atoms with Gasteiger partial charge in [0.2, 0.25) is 5.51 Å². The smallest absolute Gasteiger partial charge is 0.224 e. The standard InChI is InChI=1S/C18H34NOS/c1-4-5-6-7-8-9-10-11-12-14-20-15-13-18-17(2)19(3)16-21-18/h16H,4-15H2,1-3H3/q+1. The lowest BCUT2D eigenvalue weighted by Crippen LogP contribution is -2.28. The Balaban J connectivity index is 1.84. The predicted octanol–water partition coefficient (Wildman–Crippen LogP) is 4.97. The van der Waals surface area contributed by atoms with E-state index in [0.717, 1.165) is 19.6 Å². The Morgan fingerprint density at radius 3 is 2.14 bits per heavy atom. The highest BCUT2D eigenvalue weighted by Crippen LogP contribution is 2.12. The van der Waals surface area contributed by atoms with E-state index < -0.39 is 0 Å². The van der Waals surface area contributed by atoms with Crippen LogP contribution < -0.4 is 4.57 Å². The average Bonchev–Trinajstić information content (AvgIpc) is 2.80. The molecule has 0 saturated heterocycles. The van der Waals surface area contributed by atoms with Crippen molar-refractivity contribution in [3.8, 4) is 0 Å². The Bertz CT molecular complexity index is 362. The molecule has 0 atom stereocenters. The molecule has 0 aliphatic rings. The van der Waals surface area contributed by atoms with Crippen LogP contribution in [0, 0.1) is 6.92 Å². The Morgan fingerprint density at radius 2 is 1.57 bits per heavy atom. The van der Waals surface area contributed by atoms with E-state index in [1.807, 2.05) is 11.3 Å². The molecule has 1 rings (SSSR count). The van der Waals surface area contributed by atoms with Gasteiger partial charge in [0.05, 0.1) is 11.5 Å². The van der Waals surface area contributed by atoms with Gasteiger partial charge in [0.25, 0.3) is 0 Å². The molecule has 122 valence electrons. The van der Waals surface area contributed by atoms with Crippen molar-refractivity contribution in [1.82, 2.24) is 0 Å². The number of aryl methyl sites for hydroxylation is 1. The molecule has 3 heteroatoms. The molecule has 0 fully saturated rings. The van der Waals surface area contributed by atoms with E-state index in [1.165, 1.54) is 68.4 Å². The fraction of sp³-hybridized carbons (Fsp3) is 0.833. The number of hydrogen-bond acceptors (Lipinski definition) is 2. The number of hydrogen-bond donors (Lipinski definition) is 0. The lowest BCUT2D eigenvalue weighted by Gasteiger charge is -2.04. The number of rotatable bonds is 13. The quantitative estimate of drug-likeness (QED) is 0.370. The highest BCUT2D eigenvalue weighted by molar-refractivity contribution is 7.09. The van der Waals surface area contributed by atoms with Crippen molar-refractivity contribution in [2.45, 2.75) is 78.1 Å². The first-order chi connectivity index (χ1) is 10.3. The van der Waals surface area contributed by atoms with Crippen molar-refractivity contribution in [3.63, 3.8) is 0 Å². The molecule has 0 radical (unpaired) electrons. The monoisotopic (exact) mass is 312 g/mol. The maximum atomic E-state index is 5.76. The zero-order valence-corrected chi connectivity index (χ0v) is 15.1. The van der Waals surface area contributed by atoms with Gasteiger partial charge >= 0.3 is 0 Å². The van der Waals surface area contributed by atoms with Gasteiger partial charge in [-0.1, -0.05) is 69.6 Å². The topological polar surface area (TPSA) is 13.1 Å². The number of nitrogens with zero attached hydrogens (tertiary/aromatic N) is 1. The number of ether oxygens (including phenoxy) is 1. The summed E-state index contributed by atoms with van der Waals surface area (Å²) in [5.74, 6) is 0. The third-order valence-corrected chi connectivity index (χ3v) is 5.36. The largest absolute Gasteiger partial charge is 0.381 e. The van der Waals surface area contributed by atoms with Crippen LogP contribution in [0.15, 0.2) is 5.51 Å². The number of thiazole rings is 1. The Hall–Kier alpha value is -0.410. The second kappa shape index (κ2) is 12.2. The van der Waals surface area contributed by atoms with Gasteiger partial charge < -0.3 is 4.74 Å². The van der Waals surface area contributed by atoms with E-state index in [-0.39, 0.29) is 0 Å². The highest BCUT2D eigenvalue weighted by atomic mass is 32.1. The van der Waals surface area contributed by atoms with Crippen LogP contribution in [-0.4, -0.2) is 13.2 Å². The first kappa shape index (κ1) is 18.6. The molecular weight excluding hydrogens is 278 g/mol. The summed E-state index contributed by atoms with van der Waals surface area (Å²) in [6.45, 7) is 6.27. The van der Waals surface area contributed by atoms with Gasteiger partial charge in [0, 0.05) is 20.0 Å². The maximum Gasteiger partial charge on any atom is 0.224 e. The minimum absolute atomic E-state index is 0.873. The summed E-state index contributed by atoms with van der Waals surface area (Å²) < 4.78 is 7.95. The molecule has 21 heavy (non-hydrogen) atoms. The van der Waals surface area contributed by atoms with E-state index in [0.29, 0.717) is 0 Å². The zero-order chi connectivity index (χ0) is 15.3. The molecule has 0 aliphatic heterocycles. The fourth-order valence-electron chi connectivity index (χ4n) is 2.53. The van der Waals surface area contributed by atoms with E-state index in [1.54, 1.807) is 0 Å². The molecule has 0 N–H and O–H groups in total. The first-order valence-electron chi connectivity index (χ1n) is 8.76. The molecule has 0 spiro atoms. The Labute approximate surface area is 135 Å². The summed E-state index contributed by atoms with van der Waals surface area (Å²) in [5.41, 5.74) is 3.55. The SMILES string of the molecule is CCCCCCCCCCCOCCc1sc[n+](C)c1C. The minimum atomic E-state index is 0.873. The van der Waals surface area contributed by atoms with Gasteiger partial charge in [-0.05, 0) is 6.42 Å². The average molecular weight is 313 g/mol. The number of aromatic nitrogens is 1. The van der Waals surface area contributed by atoms with Crippen molar-refractivity contribution in [2.75, 3.05) is 13.2 Å². The molecule has 1 aromatic rings. The van der Waals surface area contributed by atoms with Crippen LogP contribution in [0.1, 0.15) is 75.3 Å². The van der Waals surface area contributed by atoms with Crippen LogP contribution in [0.25, 0.3) is 0 Å². The fourth-order valence-corrected chi connectivity index (χ4v) is 3.48. The summed E-state index contributed by atoms with van der Waals surface area (Å²) in [4.78, 5) is 1.46. The number of unbranched alkanes of at least 4 members (excludes halogenated alkanes) is 8. The molecule has 0 bridgehead atoms. The van der Waals surface area contributed by atoms with Crippen molar-refractivity contribution >= 4 is 11.3 Å². The molecular formula is C18H34NOS+. The van der Waals surface area contributed by atoms with Crippen molar-refractivity contribution < 1.29 is 9.30 Å². The second-order valence-electron chi connectivity index (χ2n) is 6.03. The van der Waals surface area contributed by atoms with Gasteiger partial charge in [-0.3, -0.25) is 0 Å². The minimum Gasteiger partial charge on any atom is -0.381 e. The van der Waals surface area contributed by atoms with Crippen LogP contribution in [0.5, 0.6) is 0 Å². The van der Waals surface area contributed by atoms with Crippen LogP contribution in [0.3, 0.4) is 0 Å². The summed E-state index contributed by atoms with van der Waals surface area (Å²) in [6.07, 6.45) is 13.5. The summed E-state index contributed by atoms with van der Waals surface area (Å²) in [5, 5.41) is 0. The molecule has 1 aromatic heterocycles. The predicted molar refractivity (Wildman–Crippen MR) is 92.0 cm³/mol. The van der Waals surface area contributed by atoms with Crippen LogP contribution in [-0.2, 0) is 18.2 Å². The molecule has 0 saturated carbocycles. The van der Waals surface area contributed by atoms with Crippen molar-refractivity contribution in [2.24, 2.45) is 7.05 Å². The van der Waals surface area contributed by atoms with E-state index in [9.17, 15) is 0 Å². The van der Waals surface area contributed by atoms with Gasteiger partial charge in [-0.15, -0.1) is 0 Å². The molecule has 0 unspecified atom stereocenters. The van der Waals surface area contributed by atoms with Crippen molar-refractivity contribution in [1.29, 1.82) is 0 Å². The first-order valence-corrected chi connectivity index (χ1v) is 9.64. The summed E-state index contributed by atoms with van der Waals surface area (Å²) in [6, 6.07) is 0. The molecule has 0 aromatic carbocycles. The third-order valence-electron chi connectivity index (χ3n) is 4.15. The lowest BCUT2D eigenvalue weighted by atomic mass is 10.1. The third kappa shape index (κ3) is 8.57. The van der Waals surface area contributed by atoms with Gasteiger partial charge in [0.15, 0.2) is 5.69 Å². The molecule has 2 nitrogen and oxygen atoms in total. The second-order valence-corrected chi connectivity index (χ2v) is 6.97. The summed E-state index contributed by atoms with van der Waals surface area (Å²) >= 11 is 1.84. The maximum absolute atomic E-state index is 5.76. The zero-order valence-electron chi connectivity index (χ0n) is 14.3. The molecule has 1 heterocycles. The molecule has 0 aliphatic carbocycles. The molecule has 0 amide bonds. The normalized spacial score (nSPS) is 11.2. The van der Waals surface area contributed by atoms with Crippen LogP contribution in [0.2, 0.25) is 0 Å². The van der Waals surface area contributed by atoms with Gasteiger partial charge in [0.1, 0.15) is 7.05 Å². The van der Waals surface area contributed by atoms with Gasteiger partial charge in [-0.2, -0.15) is 4.57 Å². The van der Waals surface area contributed by atoms with Crippen molar-refractivity contribution in [3.05, 3.63) is 16.1 Å². The van der Waals surface area contributed by atoms with Crippen LogP contribution >= 0.6 is 11.3 Å². The Morgan fingerprint density at radius 1 is 0.952 bits per heavy atom. The van der Waals surface area contributed by atoms with E-state index in [2.05, 4.69) is 31.0 Å². The highest BCUT2D eigenvalue weighted by Gasteiger charge is 2.10.